The van der Waals surface area contributed by atoms with Gasteiger partial charge < -0.3 is 9.64 Å². The van der Waals surface area contributed by atoms with E-state index in [9.17, 15) is 10.1 Å². The summed E-state index contributed by atoms with van der Waals surface area (Å²) in [4.78, 5) is 13.1. The van der Waals surface area contributed by atoms with E-state index in [0.29, 0.717) is 25.4 Å². The van der Waals surface area contributed by atoms with Gasteiger partial charge in [0.05, 0.1) is 24.3 Å². The highest BCUT2D eigenvalue weighted by molar-refractivity contribution is 5.64. The lowest BCUT2D eigenvalue weighted by Crippen LogP contribution is -2.48. The first-order valence-electron chi connectivity index (χ1n) is 7.52. The standard InChI is InChI=1S/C16H20N4O3/c1-12-4-5-14(15(8-12)20(21)22)19-6-7-23-16(2,11-19)13-9-17-18(3)10-13/h4-5,8-10H,6-7,11H2,1-3H3. The molecule has 2 heterocycles. The minimum Gasteiger partial charge on any atom is -0.367 e. The summed E-state index contributed by atoms with van der Waals surface area (Å²) in [5.74, 6) is 0. The zero-order valence-corrected chi connectivity index (χ0v) is 13.5. The predicted octanol–water partition coefficient (Wildman–Crippen LogP) is 2.39. The second-order valence-corrected chi connectivity index (χ2v) is 6.15. The Labute approximate surface area is 134 Å². The van der Waals surface area contributed by atoms with Gasteiger partial charge >= 0.3 is 0 Å². The second-order valence-electron chi connectivity index (χ2n) is 6.15. The van der Waals surface area contributed by atoms with Gasteiger partial charge in [0.1, 0.15) is 11.3 Å². The van der Waals surface area contributed by atoms with Crippen LogP contribution in [0.25, 0.3) is 0 Å². The highest BCUT2D eigenvalue weighted by Crippen LogP contribution is 2.35. The van der Waals surface area contributed by atoms with E-state index < -0.39 is 5.60 Å². The van der Waals surface area contributed by atoms with Crippen LogP contribution >= 0.6 is 0 Å². The maximum absolute atomic E-state index is 11.4. The minimum absolute atomic E-state index is 0.139. The van der Waals surface area contributed by atoms with Crippen molar-refractivity contribution in [3.63, 3.8) is 0 Å². The van der Waals surface area contributed by atoms with Crippen molar-refractivity contribution in [3.05, 3.63) is 51.8 Å². The number of benzene rings is 1. The van der Waals surface area contributed by atoms with E-state index in [0.717, 1.165) is 11.1 Å². The first-order chi connectivity index (χ1) is 10.9. The molecule has 0 bridgehead atoms. The van der Waals surface area contributed by atoms with Gasteiger partial charge in [-0.15, -0.1) is 0 Å². The number of ether oxygens (including phenoxy) is 1. The quantitative estimate of drug-likeness (QED) is 0.642. The Hall–Kier alpha value is -2.41. The number of morpholine rings is 1. The van der Waals surface area contributed by atoms with Crippen LogP contribution in [0.15, 0.2) is 30.6 Å². The van der Waals surface area contributed by atoms with Gasteiger partial charge in [-0.3, -0.25) is 14.8 Å². The van der Waals surface area contributed by atoms with E-state index in [-0.39, 0.29) is 10.6 Å². The summed E-state index contributed by atoms with van der Waals surface area (Å²) < 4.78 is 7.71. The molecule has 1 unspecified atom stereocenters. The summed E-state index contributed by atoms with van der Waals surface area (Å²) in [7, 11) is 1.86. The largest absolute Gasteiger partial charge is 0.367 e. The van der Waals surface area contributed by atoms with E-state index in [1.807, 2.05) is 44.1 Å². The molecule has 122 valence electrons. The fourth-order valence-corrected chi connectivity index (χ4v) is 2.99. The molecular formula is C16H20N4O3. The Morgan fingerprint density at radius 1 is 1.43 bits per heavy atom. The van der Waals surface area contributed by atoms with Gasteiger partial charge in [-0.25, -0.2) is 0 Å². The van der Waals surface area contributed by atoms with Crippen molar-refractivity contribution >= 4 is 11.4 Å². The minimum atomic E-state index is -0.536. The summed E-state index contributed by atoms with van der Waals surface area (Å²) >= 11 is 0. The van der Waals surface area contributed by atoms with Gasteiger partial charge in [-0.1, -0.05) is 6.07 Å². The van der Waals surface area contributed by atoms with Gasteiger partial charge in [0.15, 0.2) is 0 Å². The van der Waals surface area contributed by atoms with Crippen LogP contribution in [0, 0.1) is 17.0 Å². The molecule has 23 heavy (non-hydrogen) atoms. The molecule has 1 saturated heterocycles. The van der Waals surface area contributed by atoms with E-state index in [4.69, 9.17) is 4.74 Å². The molecule has 1 aromatic carbocycles. The normalized spacial score (nSPS) is 21.4. The lowest BCUT2D eigenvalue weighted by Gasteiger charge is -2.41. The lowest BCUT2D eigenvalue weighted by molar-refractivity contribution is -0.384. The van der Waals surface area contributed by atoms with Gasteiger partial charge in [0, 0.05) is 31.4 Å². The lowest BCUT2D eigenvalue weighted by atomic mass is 9.96. The maximum atomic E-state index is 11.4. The summed E-state index contributed by atoms with van der Waals surface area (Å²) in [6.07, 6.45) is 3.71. The van der Waals surface area contributed by atoms with E-state index >= 15 is 0 Å². The molecule has 7 heteroatoms. The number of hydrogen-bond acceptors (Lipinski definition) is 5. The van der Waals surface area contributed by atoms with Crippen molar-refractivity contribution in [2.45, 2.75) is 19.4 Å². The molecule has 0 saturated carbocycles. The smallest absolute Gasteiger partial charge is 0.292 e. The highest BCUT2D eigenvalue weighted by atomic mass is 16.6. The molecule has 1 aliphatic heterocycles. The summed E-state index contributed by atoms with van der Waals surface area (Å²) in [6.45, 7) is 5.53. The molecule has 0 aliphatic carbocycles. The maximum Gasteiger partial charge on any atom is 0.292 e. The van der Waals surface area contributed by atoms with Crippen LogP contribution in [0.1, 0.15) is 18.1 Å². The number of nitrogens with zero attached hydrogens (tertiary/aromatic N) is 4. The first-order valence-corrected chi connectivity index (χ1v) is 7.52. The van der Waals surface area contributed by atoms with Crippen molar-refractivity contribution < 1.29 is 9.66 Å². The third-order valence-corrected chi connectivity index (χ3v) is 4.26. The third kappa shape index (κ3) is 2.92. The second kappa shape index (κ2) is 5.66. The van der Waals surface area contributed by atoms with E-state index in [1.165, 1.54) is 0 Å². The van der Waals surface area contributed by atoms with Crippen LogP contribution in [0.2, 0.25) is 0 Å². The number of aryl methyl sites for hydroxylation is 2. The van der Waals surface area contributed by atoms with Crippen molar-refractivity contribution in [2.75, 3.05) is 24.6 Å². The average molecular weight is 316 g/mol. The Morgan fingerprint density at radius 2 is 2.22 bits per heavy atom. The summed E-state index contributed by atoms with van der Waals surface area (Å²) in [6, 6.07) is 5.34. The van der Waals surface area contributed by atoms with Gasteiger partial charge in [0.25, 0.3) is 5.69 Å². The topological polar surface area (TPSA) is 73.4 Å². The molecule has 0 N–H and O–H groups in total. The number of nitro benzene ring substituents is 1. The molecule has 1 aromatic heterocycles. The molecule has 1 fully saturated rings. The molecular weight excluding hydrogens is 296 g/mol. The van der Waals surface area contributed by atoms with Crippen molar-refractivity contribution in [2.24, 2.45) is 7.05 Å². The van der Waals surface area contributed by atoms with Crippen LogP contribution in [-0.2, 0) is 17.4 Å². The molecule has 0 spiro atoms. The number of aromatic nitrogens is 2. The average Bonchev–Trinajstić information content (AvgIpc) is 2.94. The number of anilines is 1. The fourth-order valence-electron chi connectivity index (χ4n) is 2.99. The van der Waals surface area contributed by atoms with Crippen LogP contribution < -0.4 is 4.90 Å². The number of nitro groups is 1. The monoisotopic (exact) mass is 316 g/mol. The summed E-state index contributed by atoms with van der Waals surface area (Å²) in [5.41, 5.74) is 2.09. The van der Waals surface area contributed by atoms with E-state index in [2.05, 4.69) is 5.10 Å². The predicted molar refractivity (Wildman–Crippen MR) is 86.6 cm³/mol. The molecule has 1 aliphatic rings. The highest BCUT2D eigenvalue weighted by Gasteiger charge is 2.36. The first kappa shape index (κ1) is 15.5. The molecule has 3 rings (SSSR count). The van der Waals surface area contributed by atoms with Crippen LogP contribution in [-0.4, -0.2) is 34.4 Å². The van der Waals surface area contributed by atoms with Crippen molar-refractivity contribution in [1.82, 2.24) is 9.78 Å². The van der Waals surface area contributed by atoms with Gasteiger partial charge in [-0.2, -0.15) is 5.10 Å². The fraction of sp³-hybridized carbons (Fsp3) is 0.438. The molecule has 2 aromatic rings. The third-order valence-electron chi connectivity index (χ3n) is 4.26. The van der Waals surface area contributed by atoms with Crippen molar-refractivity contribution in [1.29, 1.82) is 0 Å². The zero-order chi connectivity index (χ0) is 16.6. The molecule has 0 amide bonds. The van der Waals surface area contributed by atoms with Gasteiger partial charge in [0.2, 0.25) is 0 Å². The Bertz CT molecular complexity index is 743. The van der Waals surface area contributed by atoms with Crippen molar-refractivity contribution in [3.8, 4) is 0 Å². The number of rotatable bonds is 3. The Morgan fingerprint density at radius 3 is 2.87 bits per heavy atom. The van der Waals surface area contributed by atoms with E-state index in [1.54, 1.807) is 16.9 Å². The Kier molecular flexibility index (Phi) is 3.81. The number of hydrogen-bond donors (Lipinski definition) is 0. The Balaban J connectivity index is 1.94. The zero-order valence-electron chi connectivity index (χ0n) is 13.5. The molecule has 1 atom stereocenters. The van der Waals surface area contributed by atoms with Gasteiger partial charge in [-0.05, 0) is 25.5 Å². The molecule has 0 radical (unpaired) electrons. The molecule has 7 nitrogen and oxygen atoms in total. The van der Waals surface area contributed by atoms with Crippen LogP contribution in [0.4, 0.5) is 11.4 Å². The van der Waals surface area contributed by atoms with Crippen LogP contribution in [0.3, 0.4) is 0 Å². The van der Waals surface area contributed by atoms with Crippen LogP contribution in [0.5, 0.6) is 0 Å². The summed E-state index contributed by atoms with van der Waals surface area (Å²) in [5, 5.41) is 15.6. The SMILES string of the molecule is Cc1ccc(N2CCOC(C)(c3cnn(C)c3)C2)c([N+](=O)[O-])c1.